The summed E-state index contributed by atoms with van der Waals surface area (Å²) in [6.45, 7) is 3.39. The number of benzene rings is 1. The van der Waals surface area contributed by atoms with Crippen molar-refractivity contribution in [3.8, 4) is 0 Å². The van der Waals surface area contributed by atoms with Gasteiger partial charge in [0, 0.05) is 4.47 Å². The Morgan fingerprint density at radius 3 is 2.50 bits per heavy atom. The maximum Gasteiger partial charge on any atom is 0.104 e. The average molecular weight is 225 g/mol. The molecule has 12 heavy (non-hydrogen) atoms. The van der Waals surface area contributed by atoms with E-state index in [1.807, 2.05) is 24.3 Å². The number of aliphatic hydroxyl groups is 1. The summed E-state index contributed by atoms with van der Waals surface area (Å²) < 4.78 is 1.00. The van der Waals surface area contributed by atoms with Crippen molar-refractivity contribution < 1.29 is 5.11 Å². The lowest BCUT2D eigenvalue weighted by molar-refractivity contribution is 0.229. The van der Waals surface area contributed by atoms with E-state index >= 15 is 0 Å². The molecule has 0 amide bonds. The summed E-state index contributed by atoms with van der Waals surface area (Å²) in [7, 11) is 0. The molecule has 0 spiro atoms. The van der Waals surface area contributed by atoms with Crippen molar-refractivity contribution in [1.29, 1.82) is 0 Å². The van der Waals surface area contributed by atoms with Gasteiger partial charge in [-0.05, 0) is 23.8 Å². The van der Waals surface area contributed by atoms with Gasteiger partial charge in [0.1, 0.15) is 6.10 Å². The summed E-state index contributed by atoms with van der Waals surface area (Å²) in [4.78, 5) is 0. The molecule has 0 unspecified atom stereocenters. The van der Waals surface area contributed by atoms with Crippen molar-refractivity contribution in [2.24, 2.45) is 0 Å². The summed E-state index contributed by atoms with van der Waals surface area (Å²) in [6.07, 6.45) is 0.916. The van der Waals surface area contributed by atoms with E-state index < -0.39 is 6.10 Å². The maximum atomic E-state index is 9.44. The maximum absolute atomic E-state index is 9.44. The first-order valence-corrected chi connectivity index (χ1v) is 4.33. The van der Waals surface area contributed by atoms with E-state index in [4.69, 9.17) is 0 Å². The minimum Gasteiger partial charge on any atom is -0.384 e. The highest BCUT2D eigenvalue weighted by Gasteiger charge is 2.00. The van der Waals surface area contributed by atoms with E-state index in [-0.39, 0.29) is 0 Å². The summed E-state index contributed by atoms with van der Waals surface area (Å²) in [5.74, 6) is 0. The van der Waals surface area contributed by atoms with Crippen LogP contribution in [-0.4, -0.2) is 5.11 Å². The second-order valence-electron chi connectivity index (χ2n) is 2.37. The molecule has 1 rings (SSSR count). The van der Waals surface area contributed by atoms with Crippen molar-refractivity contribution >= 4 is 15.9 Å². The molecule has 1 nitrogen and oxygen atoms in total. The molecule has 0 heterocycles. The van der Waals surface area contributed by atoms with Crippen LogP contribution in [-0.2, 0) is 0 Å². The number of hydrogen-bond acceptors (Lipinski definition) is 1. The molecule has 1 atom stereocenters. The molecule has 0 aliphatic rings. The number of halogens is 1. The van der Waals surface area contributed by atoms with E-state index in [1.54, 1.807) is 0 Å². The molecule has 0 aromatic heterocycles. The fraction of sp³-hybridized carbons (Fsp3) is 0.100. The van der Waals surface area contributed by atoms with Gasteiger partial charge >= 0.3 is 0 Å². The third kappa shape index (κ3) is 2.35. The van der Waals surface area contributed by atoms with Gasteiger partial charge in [0.05, 0.1) is 0 Å². The highest BCUT2D eigenvalue weighted by Crippen LogP contribution is 2.16. The Balaban J connectivity index is 2.89. The first-order valence-electron chi connectivity index (χ1n) is 3.53. The SMILES string of the molecule is C=C=C[C@@H](O)c1ccc(Br)cc1. The molecule has 1 N–H and O–H groups in total. The molecule has 2 heteroatoms. The molecule has 0 radical (unpaired) electrons. The Labute approximate surface area is 80.2 Å². The van der Waals surface area contributed by atoms with E-state index in [1.165, 1.54) is 6.08 Å². The van der Waals surface area contributed by atoms with Crippen LogP contribution in [0.25, 0.3) is 0 Å². The van der Waals surface area contributed by atoms with E-state index in [9.17, 15) is 5.11 Å². The fourth-order valence-electron chi connectivity index (χ4n) is 0.868. The molecule has 1 aromatic rings. The highest BCUT2D eigenvalue weighted by molar-refractivity contribution is 9.10. The van der Waals surface area contributed by atoms with Gasteiger partial charge in [-0.1, -0.05) is 34.6 Å². The molecule has 0 aliphatic heterocycles. The molecule has 0 fully saturated rings. The van der Waals surface area contributed by atoms with Gasteiger partial charge in [-0.3, -0.25) is 0 Å². The minimum atomic E-state index is -0.601. The van der Waals surface area contributed by atoms with Crippen LogP contribution in [0.1, 0.15) is 11.7 Å². The Hall–Kier alpha value is -0.820. The molecule has 0 bridgehead atoms. The Morgan fingerprint density at radius 2 is 2.00 bits per heavy atom. The predicted molar refractivity (Wildman–Crippen MR) is 52.8 cm³/mol. The quantitative estimate of drug-likeness (QED) is 0.767. The van der Waals surface area contributed by atoms with Crippen LogP contribution in [0, 0.1) is 0 Å². The zero-order chi connectivity index (χ0) is 8.97. The summed E-state index contributed by atoms with van der Waals surface area (Å²) in [5, 5.41) is 9.44. The number of hydrogen-bond donors (Lipinski definition) is 1. The van der Waals surface area contributed by atoms with Gasteiger partial charge in [0.25, 0.3) is 0 Å². The molecular formula is C10H9BrO. The molecular weight excluding hydrogens is 216 g/mol. The van der Waals surface area contributed by atoms with Gasteiger partial charge in [-0.2, -0.15) is 0 Å². The van der Waals surface area contributed by atoms with Gasteiger partial charge in [-0.25, -0.2) is 0 Å². The van der Waals surface area contributed by atoms with Gasteiger partial charge < -0.3 is 5.11 Å². The normalized spacial score (nSPS) is 11.8. The van der Waals surface area contributed by atoms with Crippen LogP contribution < -0.4 is 0 Å². The molecule has 0 saturated carbocycles. The van der Waals surface area contributed by atoms with Crippen LogP contribution in [0.4, 0.5) is 0 Å². The zero-order valence-corrected chi connectivity index (χ0v) is 8.08. The Morgan fingerprint density at radius 1 is 1.42 bits per heavy atom. The number of aliphatic hydroxyl groups excluding tert-OH is 1. The van der Waals surface area contributed by atoms with E-state index in [2.05, 4.69) is 28.2 Å². The van der Waals surface area contributed by atoms with Crippen LogP contribution in [0.15, 0.2) is 47.1 Å². The monoisotopic (exact) mass is 224 g/mol. The van der Waals surface area contributed by atoms with Crippen LogP contribution in [0.3, 0.4) is 0 Å². The molecule has 0 saturated heterocycles. The lowest BCUT2D eigenvalue weighted by Gasteiger charge is -2.03. The van der Waals surface area contributed by atoms with Gasteiger partial charge in [0.2, 0.25) is 0 Å². The van der Waals surface area contributed by atoms with Crippen molar-refractivity contribution in [3.63, 3.8) is 0 Å². The van der Waals surface area contributed by atoms with E-state index in [0.717, 1.165) is 10.0 Å². The van der Waals surface area contributed by atoms with Crippen molar-refractivity contribution in [2.45, 2.75) is 6.10 Å². The van der Waals surface area contributed by atoms with Crippen molar-refractivity contribution in [3.05, 3.63) is 52.7 Å². The van der Waals surface area contributed by atoms with Crippen molar-refractivity contribution in [2.75, 3.05) is 0 Å². The van der Waals surface area contributed by atoms with Crippen LogP contribution >= 0.6 is 15.9 Å². The zero-order valence-electron chi connectivity index (χ0n) is 6.50. The Bertz CT molecular complexity index is 296. The summed E-state index contributed by atoms with van der Waals surface area (Å²) >= 11 is 3.31. The molecule has 0 aliphatic carbocycles. The third-order valence-electron chi connectivity index (χ3n) is 1.49. The molecule has 1 aromatic carbocycles. The standard InChI is InChI=1S/C10H9BrO/c1-2-3-10(12)8-4-6-9(11)7-5-8/h3-7,10,12H,1H2/t10-/m1/s1. The van der Waals surface area contributed by atoms with Gasteiger partial charge in [-0.15, -0.1) is 5.73 Å². The second kappa shape index (κ2) is 4.27. The Kier molecular flexibility index (Phi) is 3.30. The third-order valence-corrected chi connectivity index (χ3v) is 2.02. The lowest BCUT2D eigenvalue weighted by Crippen LogP contribution is -1.90. The van der Waals surface area contributed by atoms with Crippen molar-refractivity contribution in [1.82, 2.24) is 0 Å². The minimum absolute atomic E-state index is 0.601. The van der Waals surface area contributed by atoms with Gasteiger partial charge in [0.15, 0.2) is 0 Å². The first-order chi connectivity index (χ1) is 5.74. The first kappa shape index (κ1) is 9.27. The van der Waals surface area contributed by atoms with Crippen LogP contribution in [0.2, 0.25) is 0 Å². The largest absolute Gasteiger partial charge is 0.384 e. The van der Waals surface area contributed by atoms with Crippen LogP contribution in [0.5, 0.6) is 0 Å². The topological polar surface area (TPSA) is 20.2 Å². The number of rotatable bonds is 2. The molecule has 62 valence electrons. The average Bonchev–Trinajstić information content (AvgIpc) is 2.06. The highest BCUT2D eigenvalue weighted by atomic mass is 79.9. The second-order valence-corrected chi connectivity index (χ2v) is 3.28. The van der Waals surface area contributed by atoms with E-state index in [0.29, 0.717) is 0 Å². The predicted octanol–water partition coefficient (Wildman–Crippen LogP) is 2.82. The smallest absolute Gasteiger partial charge is 0.104 e. The fourth-order valence-corrected chi connectivity index (χ4v) is 1.13. The lowest BCUT2D eigenvalue weighted by atomic mass is 10.1. The summed E-state index contributed by atoms with van der Waals surface area (Å²) in [5.41, 5.74) is 3.39. The summed E-state index contributed by atoms with van der Waals surface area (Å²) in [6, 6.07) is 7.47.